The maximum atomic E-state index is 12.5. The van der Waals surface area contributed by atoms with Crippen molar-refractivity contribution in [3.63, 3.8) is 0 Å². The molecule has 0 saturated carbocycles. The number of hydrogen-bond acceptors (Lipinski definition) is 2. The summed E-state index contributed by atoms with van der Waals surface area (Å²) < 4.78 is 29.7. The fourth-order valence-corrected chi connectivity index (χ4v) is 2.49. The molecule has 0 spiro atoms. The van der Waals surface area contributed by atoms with Gasteiger partial charge >= 0.3 is 6.61 Å². The normalized spacial score (nSPS) is 12.9. The number of nitrogens with one attached hydrogen (secondary N) is 1. The van der Waals surface area contributed by atoms with Crippen LogP contribution in [0.2, 0.25) is 0 Å². The van der Waals surface area contributed by atoms with E-state index >= 15 is 0 Å². The molecule has 0 aliphatic heterocycles. The zero-order chi connectivity index (χ0) is 15.0. The summed E-state index contributed by atoms with van der Waals surface area (Å²) in [4.78, 5) is 0. The van der Waals surface area contributed by atoms with E-state index in [-0.39, 0.29) is 11.8 Å². The van der Waals surface area contributed by atoms with Crippen molar-refractivity contribution < 1.29 is 13.5 Å². The highest BCUT2D eigenvalue weighted by Crippen LogP contribution is 2.32. The predicted octanol–water partition coefficient (Wildman–Crippen LogP) is 4.76. The van der Waals surface area contributed by atoms with Crippen molar-refractivity contribution >= 4 is 0 Å². The van der Waals surface area contributed by atoms with Crippen LogP contribution in [0.3, 0.4) is 0 Å². The van der Waals surface area contributed by atoms with E-state index in [9.17, 15) is 8.78 Å². The first-order valence-corrected chi connectivity index (χ1v) is 7.39. The van der Waals surface area contributed by atoms with E-state index in [0.29, 0.717) is 5.92 Å². The molecule has 1 rings (SSSR count). The van der Waals surface area contributed by atoms with Crippen molar-refractivity contribution in [3.8, 4) is 5.75 Å². The highest BCUT2D eigenvalue weighted by Gasteiger charge is 2.20. The van der Waals surface area contributed by atoms with Crippen molar-refractivity contribution in [2.75, 3.05) is 6.54 Å². The predicted molar refractivity (Wildman–Crippen MR) is 78.2 cm³/mol. The van der Waals surface area contributed by atoms with Crippen LogP contribution in [0.5, 0.6) is 5.75 Å². The molecule has 0 aliphatic carbocycles. The lowest BCUT2D eigenvalue weighted by atomic mass is 9.90. The smallest absolute Gasteiger partial charge is 0.387 e. The van der Waals surface area contributed by atoms with Gasteiger partial charge in [0.25, 0.3) is 0 Å². The Balaban J connectivity index is 2.95. The van der Waals surface area contributed by atoms with Gasteiger partial charge in [0.15, 0.2) is 0 Å². The number of rotatable bonds is 9. The Labute approximate surface area is 120 Å². The SMILES string of the molecule is CCNC(CC(CC)CC)c1ccccc1OC(F)F. The van der Waals surface area contributed by atoms with Crippen LogP contribution in [0.1, 0.15) is 51.6 Å². The molecule has 1 N–H and O–H groups in total. The van der Waals surface area contributed by atoms with Crippen molar-refractivity contribution in [2.45, 2.75) is 52.7 Å². The average Bonchev–Trinajstić information content (AvgIpc) is 2.43. The van der Waals surface area contributed by atoms with E-state index in [2.05, 4.69) is 23.9 Å². The first-order chi connectivity index (χ1) is 9.62. The zero-order valence-corrected chi connectivity index (χ0v) is 12.5. The molecule has 1 aromatic carbocycles. The van der Waals surface area contributed by atoms with Crippen LogP contribution >= 0.6 is 0 Å². The molecule has 2 nitrogen and oxygen atoms in total. The molecule has 1 aromatic rings. The van der Waals surface area contributed by atoms with Crippen LogP contribution in [0.4, 0.5) is 8.78 Å². The molecule has 0 aliphatic rings. The van der Waals surface area contributed by atoms with Gasteiger partial charge in [-0.15, -0.1) is 0 Å². The van der Waals surface area contributed by atoms with Gasteiger partial charge in [0, 0.05) is 11.6 Å². The fraction of sp³-hybridized carbons (Fsp3) is 0.625. The Kier molecular flexibility index (Phi) is 7.52. The van der Waals surface area contributed by atoms with Crippen LogP contribution in [-0.4, -0.2) is 13.2 Å². The van der Waals surface area contributed by atoms with Gasteiger partial charge in [-0.05, 0) is 24.9 Å². The third-order valence-corrected chi connectivity index (χ3v) is 3.68. The van der Waals surface area contributed by atoms with Crippen LogP contribution < -0.4 is 10.1 Å². The van der Waals surface area contributed by atoms with Crippen molar-refractivity contribution in [1.82, 2.24) is 5.32 Å². The molecule has 0 fully saturated rings. The Morgan fingerprint density at radius 2 is 1.75 bits per heavy atom. The Bertz CT molecular complexity index is 380. The van der Waals surface area contributed by atoms with Crippen LogP contribution in [-0.2, 0) is 0 Å². The number of para-hydroxylation sites is 1. The highest BCUT2D eigenvalue weighted by molar-refractivity contribution is 5.36. The quantitative estimate of drug-likeness (QED) is 0.706. The summed E-state index contributed by atoms with van der Waals surface area (Å²) in [6.07, 6.45) is 3.12. The van der Waals surface area contributed by atoms with Gasteiger partial charge in [0.05, 0.1) is 0 Å². The largest absolute Gasteiger partial charge is 0.434 e. The van der Waals surface area contributed by atoms with Crippen molar-refractivity contribution in [3.05, 3.63) is 29.8 Å². The van der Waals surface area contributed by atoms with Gasteiger partial charge in [0.2, 0.25) is 0 Å². The summed E-state index contributed by atoms with van der Waals surface area (Å²) in [5.41, 5.74) is 0.821. The highest BCUT2D eigenvalue weighted by atomic mass is 19.3. The second kappa shape index (κ2) is 8.90. The molecule has 0 heterocycles. The topological polar surface area (TPSA) is 21.3 Å². The Morgan fingerprint density at radius 1 is 1.10 bits per heavy atom. The Hall–Kier alpha value is -1.16. The molecule has 114 valence electrons. The van der Waals surface area contributed by atoms with Gasteiger partial charge in [-0.25, -0.2) is 0 Å². The second-order valence-electron chi connectivity index (χ2n) is 4.94. The minimum atomic E-state index is -2.79. The third-order valence-electron chi connectivity index (χ3n) is 3.68. The summed E-state index contributed by atoms with van der Waals surface area (Å²) in [5, 5.41) is 3.39. The van der Waals surface area contributed by atoms with E-state index in [1.165, 1.54) is 0 Å². The zero-order valence-electron chi connectivity index (χ0n) is 12.5. The van der Waals surface area contributed by atoms with E-state index in [4.69, 9.17) is 0 Å². The minimum absolute atomic E-state index is 0.0554. The van der Waals surface area contributed by atoms with Crippen LogP contribution in [0, 0.1) is 5.92 Å². The maximum absolute atomic E-state index is 12.5. The summed E-state index contributed by atoms with van der Waals surface area (Å²) >= 11 is 0. The molecule has 0 saturated heterocycles. The van der Waals surface area contributed by atoms with Gasteiger partial charge in [0.1, 0.15) is 5.75 Å². The van der Waals surface area contributed by atoms with E-state index < -0.39 is 6.61 Å². The first kappa shape index (κ1) is 16.9. The summed E-state index contributed by atoms with van der Waals surface area (Å²) in [6.45, 7) is 4.37. The van der Waals surface area contributed by atoms with Gasteiger partial charge in [-0.1, -0.05) is 51.8 Å². The lowest BCUT2D eigenvalue weighted by molar-refractivity contribution is -0.0507. The van der Waals surface area contributed by atoms with E-state index in [1.807, 2.05) is 19.1 Å². The fourth-order valence-electron chi connectivity index (χ4n) is 2.49. The first-order valence-electron chi connectivity index (χ1n) is 7.39. The van der Waals surface area contributed by atoms with Crippen LogP contribution in [0.25, 0.3) is 0 Å². The number of alkyl halides is 2. The van der Waals surface area contributed by atoms with E-state index in [0.717, 1.165) is 31.4 Å². The van der Waals surface area contributed by atoms with Gasteiger partial charge < -0.3 is 10.1 Å². The summed E-state index contributed by atoms with van der Waals surface area (Å²) in [7, 11) is 0. The molecule has 0 radical (unpaired) electrons. The van der Waals surface area contributed by atoms with E-state index in [1.54, 1.807) is 12.1 Å². The molecule has 1 atom stereocenters. The Morgan fingerprint density at radius 3 is 2.30 bits per heavy atom. The van der Waals surface area contributed by atoms with Crippen molar-refractivity contribution in [2.24, 2.45) is 5.92 Å². The molecule has 0 aromatic heterocycles. The molecule has 20 heavy (non-hydrogen) atoms. The van der Waals surface area contributed by atoms with Gasteiger partial charge in [-0.3, -0.25) is 0 Å². The average molecular weight is 285 g/mol. The number of halogens is 2. The molecule has 1 unspecified atom stereocenters. The molecule has 0 amide bonds. The monoisotopic (exact) mass is 285 g/mol. The van der Waals surface area contributed by atoms with Crippen LogP contribution in [0.15, 0.2) is 24.3 Å². The number of hydrogen-bond donors (Lipinski definition) is 1. The lowest BCUT2D eigenvalue weighted by Crippen LogP contribution is -2.24. The third kappa shape index (κ3) is 5.08. The molecular weight excluding hydrogens is 260 g/mol. The second-order valence-corrected chi connectivity index (χ2v) is 4.94. The number of benzene rings is 1. The molecule has 4 heteroatoms. The van der Waals surface area contributed by atoms with Gasteiger partial charge in [-0.2, -0.15) is 8.78 Å². The molecule has 0 bridgehead atoms. The minimum Gasteiger partial charge on any atom is -0.434 e. The molecular formula is C16H25F2NO. The number of ether oxygens (including phenoxy) is 1. The van der Waals surface area contributed by atoms with Crippen molar-refractivity contribution in [1.29, 1.82) is 0 Å². The standard InChI is InChI=1S/C16H25F2NO/c1-4-12(5-2)11-14(19-6-3)13-9-7-8-10-15(13)20-16(17)18/h7-10,12,14,16,19H,4-6,11H2,1-3H3. The lowest BCUT2D eigenvalue weighted by Gasteiger charge is -2.25. The summed E-state index contributed by atoms with van der Waals surface area (Å²) in [5.74, 6) is 0.859. The summed E-state index contributed by atoms with van der Waals surface area (Å²) in [6, 6.07) is 7.12. The maximum Gasteiger partial charge on any atom is 0.387 e.